The number of alkyl halides is 4. The third-order valence-electron chi connectivity index (χ3n) is 6.72. The van der Waals surface area contributed by atoms with E-state index < -0.39 is 29.8 Å². The highest BCUT2D eigenvalue weighted by Crippen LogP contribution is 2.49. The molecule has 0 unspecified atom stereocenters. The van der Waals surface area contributed by atoms with Gasteiger partial charge in [0.1, 0.15) is 5.83 Å². The van der Waals surface area contributed by atoms with E-state index in [0.717, 1.165) is 29.8 Å². The molecule has 0 saturated heterocycles. The number of rotatable bonds is 6. The number of hydrogen-bond acceptors (Lipinski definition) is 1. The summed E-state index contributed by atoms with van der Waals surface area (Å²) < 4.78 is 69.3. The molecule has 0 aliphatic heterocycles. The Kier molecular flexibility index (Phi) is 7.99. The van der Waals surface area contributed by atoms with Crippen molar-refractivity contribution < 1.29 is 27.1 Å². The Morgan fingerprint density at radius 3 is 2.25 bits per heavy atom. The number of hydrogen-bond donors (Lipinski definition) is 1. The van der Waals surface area contributed by atoms with Crippen LogP contribution >= 0.6 is 0 Å². The Bertz CT molecular complexity index is 1180. The van der Waals surface area contributed by atoms with E-state index in [2.05, 4.69) is 20.4 Å². The van der Waals surface area contributed by atoms with Crippen LogP contribution in [0.1, 0.15) is 98.2 Å². The summed E-state index contributed by atoms with van der Waals surface area (Å²) in [5, 5.41) is 11.2. The van der Waals surface area contributed by atoms with Gasteiger partial charge < -0.3 is 5.11 Å². The predicted molar refractivity (Wildman–Crippen MR) is 135 cm³/mol. The molecular formula is C30H33F5O. The quantitative estimate of drug-likeness (QED) is 0.307. The smallest absolute Gasteiger partial charge is 0.388 e. The first-order valence-corrected chi connectivity index (χ1v) is 12.0. The summed E-state index contributed by atoms with van der Waals surface area (Å²) in [5.41, 5.74) is 2.48. The summed E-state index contributed by atoms with van der Waals surface area (Å²) in [7, 11) is 0. The van der Waals surface area contributed by atoms with E-state index in [9.17, 15) is 22.7 Å². The minimum Gasteiger partial charge on any atom is -0.388 e. The second kappa shape index (κ2) is 10.3. The van der Waals surface area contributed by atoms with E-state index >= 15 is 4.39 Å². The van der Waals surface area contributed by atoms with E-state index in [-0.39, 0.29) is 22.5 Å². The van der Waals surface area contributed by atoms with Gasteiger partial charge in [-0.1, -0.05) is 64.6 Å². The zero-order valence-electron chi connectivity index (χ0n) is 21.3. The molecule has 1 aliphatic carbocycles. The summed E-state index contributed by atoms with van der Waals surface area (Å²) >= 11 is 0. The molecule has 2 aromatic carbocycles. The second-order valence-electron chi connectivity index (χ2n) is 10.5. The molecule has 3 rings (SSSR count). The third-order valence-corrected chi connectivity index (χ3v) is 6.72. The maximum Gasteiger partial charge on any atom is 0.416 e. The van der Waals surface area contributed by atoms with Crippen LogP contribution in [0.15, 0.2) is 61.0 Å². The van der Waals surface area contributed by atoms with Crippen LogP contribution in [0.4, 0.5) is 22.0 Å². The number of benzene rings is 2. The highest BCUT2D eigenvalue weighted by atomic mass is 19.4. The van der Waals surface area contributed by atoms with Crippen LogP contribution in [-0.4, -0.2) is 5.11 Å². The van der Waals surface area contributed by atoms with Crippen molar-refractivity contribution in [1.82, 2.24) is 0 Å². The third kappa shape index (κ3) is 5.80. The maximum absolute atomic E-state index is 16.4. The van der Waals surface area contributed by atoms with Crippen molar-refractivity contribution in [1.29, 1.82) is 0 Å². The van der Waals surface area contributed by atoms with Crippen LogP contribution in [-0.2, 0) is 12.6 Å². The molecule has 6 heteroatoms. The number of allylic oxidation sites excluding steroid dienone is 5. The molecule has 0 heterocycles. The van der Waals surface area contributed by atoms with Gasteiger partial charge in [-0.25, -0.2) is 8.78 Å². The molecule has 194 valence electrons. The lowest BCUT2D eigenvalue weighted by atomic mass is 9.68. The lowest BCUT2D eigenvalue weighted by Gasteiger charge is -2.38. The van der Waals surface area contributed by atoms with Crippen molar-refractivity contribution >= 4 is 5.57 Å². The number of halogens is 5. The van der Waals surface area contributed by atoms with Crippen LogP contribution in [0.2, 0.25) is 0 Å². The van der Waals surface area contributed by atoms with Crippen molar-refractivity contribution in [3.8, 4) is 0 Å². The fraction of sp³-hybridized carbons (Fsp3) is 0.400. The molecule has 0 saturated carbocycles. The Hall–Kier alpha value is -2.73. The Morgan fingerprint density at radius 1 is 1.14 bits per heavy atom. The summed E-state index contributed by atoms with van der Waals surface area (Å²) in [4.78, 5) is 0. The molecule has 0 radical (unpaired) electrons. The first-order valence-electron chi connectivity index (χ1n) is 12.0. The Balaban J connectivity index is 2.35. The Morgan fingerprint density at radius 2 is 1.75 bits per heavy atom. The molecule has 1 N–H and O–H groups in total. The van der Waals surface area contributed by atoms with Crippen molar-refractivity contribution in [3.63, 3.8) is 0 Å². The van der Waals surface area contributed by atoms with Gasteiger partial charge in [0.05, 0.1) is 11.7 Å². The van der Waals surface area contributed by atoms with Gasteiger partial charge in [-0.3, -0.25) is 0 Å². The van der Waals surface area contributed by atoms with Crippen molar-refractivity contribution in [3.05, 3.63) is 99.9 Å². The van der Waals surface area contributed by atoms with E-state index in [1.54, 1.807) is 13.0 Å². The van der Waals surface area contributed by atoms with Crippen LogP contribution in [0.25, 0.3) is 5.57 Å². The lowest BCUT2D eigenvalue weighted by Crippen LogP contribution is -2.28. The highest BCUT2D eigenvalue weighted by Gasteiger charge is 2.37. The molecule has 0 amide bonds. The fourth-order valence-corrected chi connectivity index (χ4v) is 5.11. The van der Waals surface area contributed by atoms with Crippen molar-refractivity contribution in [2.24, 2.45) is 5.41 Å². The molecule has 1 aliphatic rings. The molecule has 0 bridgehead atoms. The standard InChI is InChI=1S/C30H33F5O/c1-7-19(9-8-18(4)31)26-25-21(15-29(5,6)16-24(25)36)14-23(17(2)3)27(26)28(32)20-10-12-22(13-11-20)30(33,34)35/h7-14,17,24,28,36H,4,15-16H2,1-3,5-6H3/b9-8-,19-7+/t24-,28-/m0/s1. The van der Waals surface area contributed by atoms with Crippen molar-refractivity contribution in [2.45, 2.75) is 71.8 Å². The summed E-state index contributed by atoms with van der Waals surface area (Å²) in [6.45, 7) is 13.0. The number of aliphatic hydroxyl groups is 1. The highest BCUT2D eigenvalue weighted by molar-refractivity contribution is 5.81. The molecule has 0 fully saturated rings. The fourth-order valence-electron chi connectivity index (χ4n) is 5.11. The van der Waals surface area contributed by atoms with E-state index in [1.165, 1.54) is 12.2 Å². The monoisotopic (exact) mass is 504 g/mol. The lowest BCUT2D eigenvalue weighted by molar-refractivity contribution is -0.137. The normalized spacial score (nSPS) is 19.0. The average molecular weight is 505 g/mol. The summed E-state index contributed by atoms with van der Waals surface area (Å²) in [5.74, 6) is -0.789. The first kappa shape index (κ1) is 27.9. The van der Waals surface area contributed by atoms with Gasteiger partial charge in [0, 0.05) is 5.56 Å². The molecular weight excluding hydrogens is 471 g/mol. The van der Waals surface area contributed by atoms with Gasteiger partial charge in [-0.2, -0.15) is 13.2 Å². The van der Waals surface area contributed by atoms with E-state index in [1.807, 2.05) is 19.9 Å². The molecule has 2 aromatic rings. The zero-order chi connectivity index (χ0) is 27.0. The van der Waals surface area contributed by atoms with Crippen LogP contribution < -0.4 is 0 Å². The SMILES string of the molecule is C=C(F)/C=C\C(=C/C)c1c([C@@H](F)c2ccc(C(F)(F)F)cc2)c(C(C)C)cc2c1[C@@H](O)CC(C)(C)C2. The first-order chi connectivity index (χ1) is 16.7. The molecule has 0 aromatic heterocycles. The van der Waals surface area contributed by atoms with Crippen molar-refractivity contribution in [2.75, 3.05) is 0 Å². The molecule has 36 heavy (non-hydrogen) atoms. The molecule has 1 nitrogen and oxygen atoms in total. The minimum atomic E-state index is -4.53. The number of aliphatic hydroxyl groups excluding tert-OH is 1. The number of fused-ring (bicyclic) bond motifs is 1. The van der Waals surface area contributed by atoms with E-state index in [4.69, 9.17) is 0 Å². The zero-order valence-corrected chi connectivity index (χ0v) is 21.3. The van der Waals surface area contributed by atoms with Gasteiger partial charge >= 0.3 is 6.18 Å². The topological polar surface area (TPSA) is 20.2 Å². The largest absolute Gasteiger partial charge is 0.416 e. The minimum absolute atomic E-state index is 0.0751. The van der Waals surface area contributed by atoms with E-state index in [0.29, 0.717) is 35.1 Å². The summed E-state index contributed by atoms with van der Waals surface area (Å²) in [6, 6.07) is 5.96. The van der Waals surface area contributed by atoms with Gasteiger partial charge in [-0.05, 0) is 82.7 Å². The van der Waals surface area contributed by atoms with Crippen LogP contribution in [0.3, 0.4) is 0 Å². The predicted octanol–water partition coefficient (Wildman–Crippen LogP) is 9.34. The average Bonchev–Trinajstić information content (AvgIpc) is 2.76. The maximum atomic E-state index is 16.4. The summed E-state index contributed by atoms with van der Waals surface area (Å²) in [6.07, 6.45) is -1.65. The Labute approximate surface area is 210 Å². The molecule has 2 atom stereocenters. The van der Waals surface area contributed by atoms with Gasteiger partial charge in [-0.15, -0.1) is 0 Å². The molecule has 0 spiro atoms. The van der Waals surface area contributed by atoms with Gasteiger partial charge in [0.25, 0.3) is 0 Å². The van der Waals surface area contributed by atoms with Crippen LogP contribution in [0.5, 0.6) is 0 Å². The van der Waals surface area contributed by atoms with Crippen LogP contribution in [0, 0.1) is 5.41 Å². The van der Waals surface area contributed by atoms with Gasteiger partial charge in [0.15, 0.2) is 6.17 Å². The second-order valence-corrected chi connectivity index (χ2v) is 10.5. The van der Waals surface area contributed by atoms with Gasteiger partial charge in [0.2, 0.25) is 0 Å².